The van der Waals surface area contributed by atoms with Gasteiger partial charge in [0.05, 0.1) is 12.5 Å². The minimum atomic E-state index is -0.137. The highest BCUT2D eigenvalue weighted by molar-refractivity contribution is 5.83. The Morgan fingerprint density at radius 3 is 2.65 bits per heavy atom. The van der Waals surface area contributed by atoms with Crippen LogP contribution in [0.3, 0.4) is 0 Å². The predicted octanol–water partition coefficient (Wildman–Crippen LogP) is 1.85. The minimum Gasteiger partial charge on any atom is -0.484 e. The maximum atomic E-state index is 12.7. The molecule has 0 bridgehead atoms. The van der Waals surface area contributed by atoms with E-state index < -0.39 is 0 Å². The third-order valence-electron chi connectivity index (χ3n) is 5.63. The highest BCUT2D eigenvalue weighted by Crippen LogP contribution is 2.49. The van der Waals surface area contributed by atoms with Gasteiger partial charge in [-0.1, -0.05) is 31.0 Å². The van der Waals surface area contributed by atoms with E-state index in [4.69, 9.17) is 9.47 Å². The summed E-state index contributed by atoms with van der Waals surface area (Å²) in [5.41, 5.74) is -0.0699. The SMILES string of the molecule is COCCNC(=O)C1CN(C(=O)COc2ccccc2)CC12CCCC2. The van der Waals surface area contributed by atoms with Crippen molar-refractivity contribution in [1.82, 2.24) is 10.2 Å². The Morgan fingerprint density at radius 2 is 1.96 bits per heavy atom. The van der Waals surface area contributed by atoms with E-state index in [-0.39, 0.29) is 29.8 Å². The summed E-state index contributed by atoms with van der Waals surface area (Å²) in [5.74, 6) is 0.544. The molecule has 142 valence electrons. The number of methoxy groups -OCH3 is 1. The van der Waals surface area contributed by atoms with Crippen LogP contribution in [0.2, 0.25) is 0 Å². The maximum absolute atomic E-state index is 12.7. The molecule has 1 saturated heterocycles. The highest BCUT2D eigenvalue weighted by Gasteiger charge is 2.52. The molecule has 2 aliphatic rings. The lowest BCUT2D eigenvalue weighted by atomic mass is 9.76. The molecular formula is C20H28N2O4. The van der Waals surface area contributed by atoms with Crippen LogP contribution in [0.15, 0.2) is 30.3 Å². The van der Waals surface area contributed by atoms with E-state index in [1.807, 2.05) is 35.2 Å². The van der Waals surface area contributed by atoms with Crippen molar-refractivity contribution in [1.29, 1.82) is 0 Å². The highest BCUT2D eigenvalue weighted by atomic mass is 16.5. The Morgan fingerprint density at radius 1 is 1.23 bits per heavy atom. The smallest absolute Gasteiger partial charge is 0.260 e. The first-order valence-corrected chi connectivity index (χ1v) is 9.37. The van der Waals surface area contributed by atoms with Gasteiger partial charge in [-0.05, 0) is 25.0 Å². The molecule has 1 saturated carbocycles. The third-order valence-corrected chi connectivity index (χ3v) is 5.63. The van der Waals surface area contributed by atoms with Crippen LogP contribution in [-0.4, -0.2) is 56.7 Å². The molecule has 6 heteroatoms. The molecule has 2 amide bonds. The minimum absolute atomic E-state index is 0.0120. The van der Waals surface area contributed by atoms with E-state index in [2.05, 4.69) is 5.32 Å². The van der Waals surface area contributed by atoms with Gasteiger partial charge in [-0.3, -0.25) is 9.59 Å². The molecule has 1 spiro atoms. The van der Waals surface area contributed by atoms with Crippen LogP contribution >= 0.6 is 0 Å². The van der Waals surface area contributed by atoms with E-state index in [9.17, 15) is 9.59 Å². The van der Waals surface area contributed by atoms with Crippen LogP contribution in [-0.2, 0) is 14.3 Å². The number of benzene rings is 1. The van der Waals surface area contributed by atoms with Gasteiger partial charge >= 0.3 is 0 Å². The fourth-order valence-corrected chi connectivity index (χ4v) is 4.26. The van der Waals surface area contributed by atoms with Crippen molar-refractivity contribution in [2.24, 2.45) is 11.3 Å². The zero-order chi connectivity index (χ0) is 18.4. The summed E-state index contributed by atoms with van der Waals surface area (Å²) >= 11 is 0. The molecule has 0 aromatic heterocycles. The summed E-state index contributed by atoms with van der Waals surface area (Å²) in [6, 6.07) is 9.34. The number of para-hydroxylation sites is 1. The molecule has 26 heavy (non-hydrogen) atoms. The second kappa shape index (κ2) is 8.54. The molecule has 1 aliphatic heterocycles. The monoisotopic (exact) mass is 360 g/mol. The number of hydrogen-bond donors (Lipinski definition) is 1. The van der Waals surface area contributed by atoms with Gasteiger partial charge in [-0.15, -0.1) is 0 Å². The number of likely N-dealkylation sites (tertiary alicyclic amines) is 1. The normalized spacial score (nSPS) is 21.1. The Labute approximate surface area is 154 Å². The molecule has 0 radical (unpaired) electrons. The van der Waals surface area contributed by atoms with Crippen molar-refractivity contribution < 1.29 is 19.1 Å². The van der Waals surface area contributed by atoms with E-state index in [1.54, 1.807) is 7.11 Å². The van der Waals surface area contributed by atoms with Crippen molar-refractivity contribution in [3.05, 3.63) is 30.3 Å². The van der Waals surface area contributed by atoms with Gasteiger partial charge in [0.1, 0.15) is 5.75 Å². The van der Waals surface area contributed by atoms with Crippen molar-refractivity contribution in [2.75, 3.05) is 40.0 Å². The zero-order valence-electron chi connectivity index (χ0n) is 15.4. The van der Waals surface area contributed by atoms with E-state index in [0.29, 0.717) is 32.0 Å². The lowest BCUT2D eigenvalue weighted by Crippen LogP contribution is -2.41. The number of carbonyl (C=O) groups is 2. The molecule has 6 nitrogen and oxygen atoms in total. The molecule has 1 aromatic rings. The summed E-state index contributed by atoms with van der Waals surface area (Å²) in [6.07, 6.45) is 4.28. The number of rotatable bonds is 7. The summed E-state index contributed by atoms with van der Waals surface area (Å²) in [7, 11) is 1.62. The van der Waals surface area contributed by atoms with Crippen molar-refractivity contribution >= 4 is 11.8 Å². The number of nitrogens with zero attached hydrogens (tertiary/aromatic N) is 1. The molecule has 1 heterocycles. The number of ether oxygens (including phenoxy) is 2. The van der Waals surface area contributed by atoms with Crippen LogP contribution in [0.4, 0.5) is 0 Å². The fraction of sp³-hybridized carbons (Fsp3) is 0.600. The molecule has 1 aromatic carbocycles. The number of nitrogens with one attached hydrogen (secondary N) is 1. The van der Waals surface area contributed by atoms with Gasteiger partial charge in [0, 0.05) is 32.2 Å². The molecule has 1 aliphatic carbocycles. The average Bonchev–Trinajstić information content (AvgIpc) is 3.28. The van der Waals surface area contributed by atoms with Gasteiger partial charge in [0.2, 0.25) is 5.91 Å². The largest absolute Gasteiger partial charge is 0.484 e. The van der Waals surface area contributed by atoms with Crippen molar-refractivity contribution in [2.45, 2.75) is 25.7 Å². The van der Waals surface area contributed by atoms with Crippen LogP contribution < -0.4 is 10.1 Å². The first-order valence-electron chi connectivity index (χ1n) is 9.37. The van der Waals surface area contributed by atoms with Crippen LogP contribution in [0, 0.1) is 11.3 Å². The summed E-state index contributed by atoms with van der Waals surface area (Å²) in [5, 5.41) is 2.96. The zero-order valence-corrected chi connectivity index (χ0v) is 15.4. The van der Waals surface area contributed by atoms with Gasteiger partial charge in [0.15, 0.2) is 6.61 Å². The van der Waals surface area contributed by atoms with E-state index >= 15 is 0 Å². The number of carbonyl (C=O) groups excluding carboxylic acids is 2. The summed E-state index contributed by atoms with van der Waals surface area (Å²) in [6.45, 7) is 2.16. The number of amides is 2. The lowest BCUT2D eigenvalue weighted by molar-refractivity contribution is -0.132. The Hall–Kier alpha value is -2.08. The van der Waals surface area contributed by atoms with Crippen LogP contribution in [0.25, 0.3) is 0 Å². The topological polar surface area (TPSA) is 67.9 Å². The van der Waals surface area contributed by atoms with Gasteiger partial charge in [0.25, 0.3) is 5.91 Å². The molecule has 1 unspecified atom stereocenters. The predicted molar refractivity (Wildman–Crippen MR) is 97.8 cm³/mol. The second-order valence-corrected chi connectivity index (χ2v) is 7.28. The molecule has 1 atom stereocenters. The Bertz CT molecular complexity index is 613. The quantitative estimate of drug-likeness (QED) is 0.754. The fourth-order valence-electron chi connectivity index (χ4n) is 4.26. The molecule has 3 rings (SSSR count). The first-order chi connectivity index (χ1) is 12.6. The molecular weight excluding hydrogens is 332 g/mol. The second-order valence-electron chi connectivity index (χ2n) is 7.28. The average molecular weight is 360 g/mol. The molecule has 2 fully saturated rings. The summed E-state index contributed by atoms with van der Waals surface area (Å²) in [4.78, 5) is 27.1. The van der Waals surface area contributed by atoms with Crippen LogP contribution in [0.5, 0.6) is 5.75 Å². The van der Waals surface area contributed by atoms with Crippen LogP contribution in [0.1, 0.15) is 25.7 Å². The standard InChI is InChI=1S/C20H28N2O4/c1-25-12-11-21-19(24)17-13-22(15-20(17)9-5-6-10-20)18(23)14-26-16-7-3-2-4-8-16/h2-4,7-8,17H,5-6,9-15H2,1H3,(H,21,24). The van der Waals surface area contributed by atoms with Crippen molar-refractivity contribution in [3.8, 4) is 5.75 Å². The maximum Gasteiger partial charge on any atom is 0.260 e. The Balaban J connectivity index is 1.60. The summed E-state index contributed by atoms with van der Waals surface area (Å²) < 4.78 is 10.6. The van der Waals surface area contributed by atoms with Gasteiger partial charge in [-0.25, -0.2) is 0 Å². The lowest BCUT2D eigenvalue weighted by Gasteiger charge is -2.28. The van der Waals surface area contributed by atoms with Gasteiger partial charge in [-0.2, -0.15) is 0 Å². The van der Waals surface area contributed by atoms with Gasteiger partial charge < -0.3 is 19.7 Å². The van der Waals surface area contributed by atoms with E-state index in [1.165, 1.54) is 0 Å². The number of hydrogen-bond acceptors (Lipinski definition) is 4. The molecule has 1 N–H and O–H groups in total. The third kappa shape index (κ3) is 4.18. The van der Waals surface area contributed by atoms with E-state index in [0.717, 1.165) is 25.7 Å². The van der Waals surface area contributed by atoms with Crippen molar-refractivity contribution in [3.63, 3.8) is 0 Å². The first kappa shape index (κ1) is 18.7. The Kier molecular flexibility index (Phi) is 6.14.